The third-order valence-electron chi connectivity index (χ3n) is 2.15. The first-order valence-electron chi connectivity index (χ1n) is 3.97. The van der Waals surface area contributed by atoms with E-state index in [-0.39, 0.29) is 11.8 Å². The third-order valence-corrected chi connectivity index (χ3v) is 2.15. The van der Waals surface area contributed by atoms with Crippen molar-refractivity contribution in [2.75, 3.05) is 0 Å². The molecule has 0 aromatic rings. The van der Waals surface area contributed by atoms with Gasteiger partial charge in [0.25, 0.3) is 0 Å². The van der Waals surface area contributed by atoms with Gasteiger partial charge < -0.3 is 15.0 Å². The SMILES string of the molecule is CC1(C)C=CC(C=O)C(O)(O)C1. The summed E-state index contributed by atoms with van der Waals surface area (Å²) in [6.45, 7) is 3.79. The van der Waals surface area contributed by atoms with E-state index in [1.54, 1.807) is 6.08 Å². The Hall–Kier alpha value is -0.670. The van der Waals surface area contributed by atoms with Crippen molar-refractivity contribution >= 4 is 6.29 Å². The number of carbonyl (C=O) groups is 1. The molecule has 0 bridgehead atoms. The number of hydrogen-bond donors (Lipinski definition) is 2. The first-order valence-corrected chi connectivity index (χ1v) is 3.97. The molecule has 1 atom stereocenters. The lowest BCUT2D eigenvalue weighted by atomic mass is 9.75. The Morgan fingerprint density at radius 1 is 1.50 bits per heavy atom. The fourth-order valence-corrected chi connectivity index (χ4v) is 1.52. The highest BCUT2D eigenvalue weighted by atomic mass is 16.5. The van der Waals surface area contributed by atoms with E-state index >= 15 is 0 Å². The lowest BCUT2D eigenvalue weighted by Gasteiger charge is -2.37. The van der Waals surface area contributed by atoms with Gasteiger partial charge in [0.1, 0.15) is 6.29 Å². The minimum Gasteiger partial charge on any atom is -0.365 e. The molecule has 1 unspecified atom stereocenters. The number of aliphatic hydroxyl groups is 2. The van der Waals surface area contributed by atoms with Crippen LogP contribution in [-0.4, -0.2) is 22.3 Å². The molecule has 0 spiro atoms. The number of rotatable bonds is 1. The van der Waals surface area contributed by atoms with E-state index in [1.807, 2.05) is 19.9 Å². The average molecular weight is 170 g/mol. The van der Waals surface area contributed by atoms with Crippen molar-refractivity contribution in [2.45, 2.75) is 26.1 Å². The van der Waals surface area contributed by atoms with Crippen LogP contribution in [0.4, 0.5) is 0 Å². The van der Waals surface area contributed by atoms with Crippen LogP contribution in [0.3, 0.4) is 0 Å². The molecule has 1 aliphatic carbocycles. The average Bonchev–Trinajstić information content (AvgIpc) is 1.83. The van der Waals surface area contributed by atoms with E-state index in [9.17, 15) is 15.0 Å². The molecule has 68 valence electrons. The Morgan fingerprint density at radius 2 is 2.08 bits per heavy atom. The van der Waals surface area contributed by atoms with Crippen molar-refractivity contribution in [3.63, 3.8) is 0 Å². The van der Waals surface area contributed by atoms with Gasteiger partial charge in [0.05, 0.1) is 5.92 Å². The highest BCUT2D eigenvalue weighted by Gasteiger charge is 2.40. The molecule has 0 saturated heterocycles. The summed E-state index contributed by atoms with van der Waals surface area (Å²) in [4.78, 5) is 10.4. The number of carbonyl (C=O) groups excluding carboxylic acids is 1. The van der Waals surface area contributed by atoms with Gasteiger partial charge in [-0.2, -0.15) is 0 Å². The van der Waals surface area contributed by atoms with Crippen LogP contribution in [-0.2, 0) is 4.79 Å². The predicted molar refractivity (Wildman–Crippen MR) is 44.3 cm³/mol. The van der Waals surface area contributed by atoms with Gasteiger partial charge in [0.15, 0.2) is 5.79 Å². The lowest BCUT2D eigenvalue weighted by molar-refractivity contribution is -0.204. The zero-order valence-corrected chi connectivity index (χ0v) is 7.32. The van der Waals surface area contributed by atoms with E-state index in [4.69, 9.17) is 0 Å². The van der Waals surface area contributed by atoms with Gasteiger partial charge in [-0.25, -0.2) is 0 Å². The van der Waals surface area contributed by atoms with Crippen LogP contribution in [0.25, 0.3) is 0 Å². The molecule has 1 rings (SSSR count). The molecule has 0 aliphatic heterocycles. The topological polar surface area (TPSA) is 57.5 Å². The Bertz CT molecular complexity index is 216. The Morgan fingerprint density at radius 3 is 2.50 bits per heavy atom. The van der Waals surface area contributed by atoms with Crippen molar-refractivity contribution < 1.29 is 15.0 Å². The van der Waals surface area contributed by atoms with E-state index in [0.717, 1.165) is 0 Å². The fraction of sp³-hybridized carbons (Fsp3) is 0.667. The third kappa shape index (κ3) is 1.73. The van der Waals surface area contributed by atoms with Crippen LogP contribution in [0.5, 0.6) is 0 Å². The van der Waals surface area contributed by atoms with Gasteiger partial charge in [-0.3, -0.25) is 0 Å². The van der Waals surface area contributed by atoms with Crippen LogP contribution in [0, 0.1) is 11.3 Å². The molecule has 3 nitrogen and oxygen atoms in total. The van der Waals surface area contributed by atoms with Gasteiger partial charge in [0, 0.05) is 6.42 Å². The van der Waals surface area contributed by atoms with Gasteiger partial charge in [-0.15, -0.1) is 0 Å². The smallest absolute Gasteiger partial charge is 0.176 e. The second-order valence-electron chi connectivity index (χ2n) is 4.06. The van der Waals surface area contributed by atoms with Crippen LogP contribution >= 0.6 is 0 Å². The maximum Gasteiger partial charge on any atom is 0.176 e. The summed E-state index contributed by atoms with van der Waals surface area (Å²) in [6.07, 6.45) is 4.15. The monoisotopic (exact) mass is 170 g/mol. The molecular weight excluding hydrogens is 156 g/mol. The molecule has 0 radical (unpaired) electrons. The quantitative estimate of drug-likeness (QED) is 0.341. The van der Waals surface area contributed by atoms with Gasteiger partial charge in [-0.05, 0) is 5.41 Å². The zero-order chi connectivity index (χ0) is 9.41. The summed E-state index contributed by atoms with van der Waals surface area (Å²) in [7, 11) is 0. The van der Waals surface area contributed by atoms with E-state index in [1.165, 1.54) is 0 Å². The van der Waals surface area contributed by atoms with Crippen LogP contribution < -0.4 is 0 Å². The predicted octanol–water partition coefficient (Wildman–Crippen LogP) is 0.469. The number of aldehydes is 1. The van der Waals surface area contributed by atoms with Crippen molar-refractivity contribution in [1.82, 2.24) is 0 Å². The minimum absolute atomic E-state index is 0.194. The Kier molecular flexibility index (Phi) is 2.10. The van der Waals surface area contributed by atoms with Crippen molar-refractivity contribution in [3.05, 3.63) is 12.2 Å². The molecular formula is C9H14O3. The van der Waals surface area contributed by atoms with Crippen molar-refractivity contribution in [1.29, 1.82) is 0 Å². The molecule has 0 heterocycles. The molecule has 0 aromatic heterocycles. The second-order valence-corrected chi connectivity index (χ2v) is 4.06. The minimum atomic E-state index is -1.88. The van der Waals surface area contributed by atoms with Crippen LogP contribution in [0.15, 0.2) is 12.2 Å². The first-order chi connectivity index (χ1) is 5.37. The summed E-state index contributed by atoms with van der Waals surface area (Å²) in [6, 6.07) is 0. The summed E-state index contributed by atoms with van der Waals surface area (Å²) < 4.78 is 0. The summed E-state index contributed by atoms with van der Waals surface area (Å²) >= 11 is 0. The number of allylic oxidation sites excluding steroid dienone is 1. The molecule has 0 saturated carbocycles. The summed E-state index contributed by atoms with van der Waals surface area (Å²) in [5, 5.41) is 18.9. The largest absolute Gasteiger partial charge is 0.365 e. The van der Waals surface area contributed by atoms with Crippen molar-refractivity contribution in [3.8, 4) is 0 Å². The first kappa shape index (κ1) is 9.42. The second kappa shape index (κ2) is 2.68. The Balaban J connectivity index is 2.92. The highest BCUT2D eigenvalue weighted by molar-refractivity contribution is 5.59. The standard InChI is InChI=1S/C9H14O3/c1-8(2)4-3-7(5-10)9(11,12)6-8/h3-5,7,11-12H,6H2,1-2H3. The van der Waals surface area contributed by atoms with E-state index in [0.29, 0.717) is 6.29 Å². The zero-order valence-electron chi connectivity index (χ0n) is 7.32. The maximum absolute atomic E-state index is 10.4. The maximum atomic E-state index is 10.4. The summed E-state index contributed by atoms with van der Waals surface area (Å²) in [5.41, 5.74) is -0.247. The molecule has 12 heavy (non-hydrogen) atoms. The normalized spacial score (nSPS) is 31.5. The van der Waals surface area contributed by atoms with Crippen LogP contribution in [0.2, 0.25) is 0 Å². The molecule has 0 amide bonds. The van der Waals surface area contributed by atoms with E-state index in [2.05, 4.69) is 0 Å². The molecule has 0 aromatic carbocycles. The lowest BCUT2D eigenvalue weighted by Crippen LogP contribution is -2.44. The molecule has 3 heteroatoms. The van der Waals surface area contributed by atoms with Gasteiger partial charge in [0.2, 0.25) is 0 Å². The number of hydrogen-bond acceptors (Lipinski definition) is 3. The van der Waals surface area contributed by atoms with E-state index < -0.39 is 11.7 Å². The fourth-order valence-electron chi connectivity index (χ4n) is 1.52. The molecule has 2 N–H and O–H groups in total. The molecule has 0 fully saturated rings. The van der Waals surface area contributed by atoms with Gasteiger partial charge >= 0.3 is 0 Å². The Labute approximate surface area is 71.7 Å². The highest BCUT2D eigenvalue weighted by Crippen LogP contribution is 2.36. The van der Waals surface area contributed by atoms with Gasteiger partial charge in [-0.1, -0.05) is 26.0 Å². The van der Waals surface area contributed by atoms with Crippen molar-refractivity contribution in [2.24, 2.45) is 11.3 Å². The summed E-state index contributed by atoms with van der Waals surface area (Å²) in [5.74, 6) is -2.66. The van der Waals surface area contributed by atoms with Crippen LogP contribution in [0.1, 0.15) is 20.3 Å². The molecule has 1 aliphatic rings.